The summed E-state index contributed by atoms with van der Waals surface area (Å²) >= 11 is 0. The van der Waals surface area contributed by atoms with E-state index in [2.05, 4.69) is 13.8 Å². The van der Waals surface area contributed by atoms with Crippen molar-refractivity contribution in [1.29, 1.82) is 0 Å². The molecule has 0 saturated heterocycles. The van der Waals surface area contributed by atoms with E-state index in [-0.39, 0.29) is 55.3 Å². The minimum atomic E-state index is -0.357. The van der Waals surface area contributed by atoms with E-state index in [1.807, 2.05) is 48.5 Å². The van der Waals surface area contributed by atoms with Gasteiger partial charge < -0.3 is 18.9 Å². The fraction of sp³-hybridized carbons (Fsp3) is 0.243. The van der Waals surface area contributed by atoms with E-state index in [4.69, 9.17) is 18.9 Å². The second kappa shape index (κ2) is 12.8. The third-order valence-electron chi connectivity index (χ3n) is 8.55. The van der Waals surface area contributed by atoms with Crippen molar-refractivity contribution in [2.75, 3.05) is 40.5 Å². The molecule has 0 aliphatic carbocycles. The molecule has 47 heavy (non-hydrogen) atoms. The van der Waals surface area contributed by atoms with Crippen LogP contribution in [0, 0.1) is 0 Å². The number of hydrogen-bond donors (Lipinski definition) is 0. The van der Waals surface area contributed by atoms with Gasteiger partial charge in [-0.3, -0.25) is 29.0 Å². The second-order valence-electron chi connectivity index (χ2n) is 11.8. The molecule has 0 aromatic heterocycles. The van der Waals surface area contributed by atoms with E-state index < -0.39 is 0 Å². The van der Waals surface area contributed by atoms with Crippen molar-refractivity contribution in [1.82, 2.24) is 9.80 Å². The van der Waals surface area contributed by atoms with E-state index >= 15 is 0 Å². The topological polar surface area (TPSA) is 112 Å². The summed E-state index contributed by atoms with van der Waals surface area (Å²) in [5.41, 5.74) is 3.11. The van der Waals surface area contributed by atoms with Crippen LogP contribution in [-0.2, 0) is 14.9 Å². The molecule has 0 unspecified atom stereocenters. The summed E-state index contributed by atoms with van der Waals surface area (Å²) in [6.07, 6.45) is 0. The first-order valence-electron chi connectivity index (χ1n) is 15.2. The predicted octanol–water partition coefficient (Wildman–Crippen LogP) is 6.08. The zero-order chi connectivity index (χ0) is 33.3. The summed E-state index contributed by atoms with van der Waals surface area (Å²) in [7, 11) is 3.04. The average molecular weight is 635 g/mol. The summed E-state index contributed by atoms with van der Waals surface area (Å²) in [5.74, 6) is 0.739. The quantitative estimate of drug-likeness (QED) is 0.172. The van der Waals surface area contributed by atoms with E-state index in [1.54, 1.807) is 36.4 Å². The molecular weight excluding hydrogens is 600 g/mol. The number of rotatable bonds is 12. The lowest BCUT2D eigenvalue weighted by atomic mass is 9.78. The molecule has 240 valence electrons. The van der Waals surface area contributed by atoms with Gasteiger partial charge in [0.15, 0.2) is 0 Å². The van der Waals surface area contributed by atoms with Gasteiger partial charge in [-0.25, -0.2) is 0 Å². The fourth-order valence-electron chi connectivity index (χ4n) is 5.76. The van der Waals surface area contributed by atoms with Crippen LogP contribution in [-0.4, -0.2) is 74.0 Å². The Kier molecular flexibility index (Phi) is 8.63. The molecule has 4 aromatic carbocycles. The smallest absolute Gasteiger partial charge is 0.261 e. The van der Waals surface area contributed by atoms with Crippen molar-refractivity contribution < 1.29 is 38.1 Å². The van der Waals surface area contributed by atoms with Crippen molar-refractivity contribution in [2.24, 2.45) is 0 Å². The molecule has 0 bridgehead atoms. The summed E-state index contributed by atoms with van der Waals surface area (Å²) in [5, 5.41) is 0. The number of carbonyl (C=O) groups is 4. The molecule has 2 heterocycles. The highest BCUT2D eigenvalue weighted by molar-refractivity contribution is 6.22. The van der Waals surface area contributed by atoms with Gasteiger partial charge in [-0.15, -0.1) is 0 Å². The Morgan fingerprint density at radius 3 is 1.19 bits per heavy atom. The highest BCUT2D eigenvalue weighted by Gasteiger charge is 2.36. The van der Waals surface area contributed by atoms with Gasteiger partial charge >= 0.3 is 0 Å². The van der Waals surface area contributed by atoms with Crippen molar-refractivity contribution in [2.45, 2.75) is 19.3 Å². The zero-order valence-electron chi connectivity index (χ0n) is 26.6. The van der Waals surface area contributed by atoms with Crippen LogP contribution in [0.25, 0.3) is 0 Å². The lowest BCUT2D eigenvalue weighted by molar-refractivity contribution is 0.0589. The Hall–Kier alpha value is -5.32. The van der Waals surface area contributed by atoms with Gasteiger partial charge in [0.1, 0.15) is 23.0 Å². The molecule has 0 spiro atoms. The third kappa shape index (κ3) is 6.00. The lowest BCUT2D eigenvalue weighted by Gasteiger charge is -2.26. The van der Waals surface area contributed by atoms with Gasteiger partial charge in [0.05, 0.1) is 48.6 Å². The molecule has 0 fully saturated rings. The molecule has 10 heteroatoms. The number of carbonyl (C=O) groups excluding carboxylic acids is 4. The Labute approximate surface area is 272 Å². The molecule has 0 atom stereocenters. The molecule has 2 aliphatic rings. The molecule has 4 amide bonds. The SMILES string of the molecule is COCCN1C(=O)c2ccc(Oc3ccc(C(C)(C)c4ccc(Oc5ccc6c(c5)C(=O)N(CCOC)C6=O)cc4)cc3)cc2C1=O. The number of imide groups is 2. The molecule has 6 rings (SSSR count). The van der Waals surface area contributed by atoms with Crippen molar-refractivity contribution in [3.63, 3.8) is 0 Å². The van der Waals surface area contributed by atoms with Gasteiger partial charge in [-0.1, -0.05) is 38.1 Å². The standard InChI is InChI=1S/C37H34N2O8/c1-37(2,23-5-9-25(10-6-23)46-27-13-15-29-31(21-27)35(42)38(33(29)40)17-19-44-3)24-7-11-26(12-8-24)47-28-14-16-30-32(22-28)36(43)39(34(30)41)18-20-45-4/h5-16,21-22H,17-20H2,1-4H3. The van der Waals surface area contributed by atoms with Gasteiger partial charge in [-0.2, -0.15) is 0 Å². The largest absolute Gasteiger partial charge is 0.457 e. The molecular formula is C37H34N2O8. The van der Waals surface area contributed by atoms with E-state index in [0.717, 1.165) is 11.1 Å². The first kappa shape index (κ1) is 31.7. The maximum atomic E-state index is 12.8. The minimum Gasteiger partial charge on any atom is -0.457 e. The molecule has 0 N–H and O–H groups in total. The number of fused-ring (bicyclic) bond motifs is 2. The Bertz CT molecular complexity index is 1730. The molecule has 0 saturated carbocycles. The predicted molar refractivity (Wildman–Crippen MR) is 173 cm³/mol. The number of methoxy groups -OCH3 is 2. The van der Waals surface area contributed by atoms with Gasteiger partial charge in [-0.05, 0) is 71.8 Å². The van der Waals surface area contributed by atoms with Crippen LogP contribution in [0.15, 0.2) is 84.9 Å². The van der Waals surface area contributed by atoms with Crippen LogP contribution in [0.3, 0.4) is 0 Å². The number of benzene rings is 4. The summed E-state index contributed by atoms with van der Waals surface area (Å²) in [6, 6.07) is 25.3. The Morgan fingerprint density at radius 2 is 0.830 bits per heavy atom. The second-order valence-corrected chi connectivity index (χ2v) is 11.8. The highest BCUT2D eigenvalue weighted by atomic mass is 16.5. The van der Waals surface area contributed by atoms with Crippen LogP contribution in [0.5, 0.6) is 23.0 Å². The molecule has 10 nitrogen and oxygen atoms in total. The number of nitrogens with zero attached hydrogens (tertiary/aromatic N) is 2. The summed E-state index contributed by atoms with van der Waals surface area (Å²) in [4.78, 5) is 53.1. The molecule has 2 aliphatic heterocycles. The highest BCUT2D eigenvalue weighted by Crippen LogP contribution is 2.36. The van der Waals surface area contributed by atoms with E-state index in [0.29, 0.717) is 45.3 Å². The van der Waals surface area contributed by atoms with E-state index in [9.17, 15) is 19.2 Å². The maximum absolute atomic E-state index is 12.8. The van der Waals surface area contributed by atoms with Crippen molar-refractivity contribution in [3.8, 4) is 23.0 Å². The molecule has 4 aromatic rings. The van der Waals surface area contributed by atoms with Crippen molar-refractivity contribution in [3.05, 3.63) is 118 Å². The average Bonchev–Trinajstić information content (AvgIpc) is 3.45. The van der Waals surface area contributed by atoms with Crippen LogP contribution in [0.4, 0.5) is 0 Å². The first-order chi connectivity index (χ1) is 22.6. The summed E-state index contributed by atoms with van der Waals surface area (Å²) < 4.78 is 22.1. The van der Waals surface area contributed by atoms with Gasteiger partial charge in [0.25, 0.3) is 23.6 Å². The van der Waals surface area contributed by atoms with Crippen LogP contribution in [0.1, 0.15) is 66.4 Å². The Morgan fingerprint density at radius 1 is 0.489 bits per heavy atom. The number of amides is 4. The Balaban J connectivity index is 1.11. The minimum absolute atomic E-state index is 0.195. The fourth-order valence-corrected chi connectivity index (χ4v) is 5.76. The van der Waals surface area contributed by atoms with Crippen LogP contribution in [0.2, 0.25) is 0 Å². The zero-order valence-corrected chi connectivity index (χ0v) is 26.6. The van der Waals surface area contributed by atoms with Gasteiger partial charge in [0, 0.05) is 19.6 Å². The van der Waals surface area contributed by atoms with Crippen LogP contribution < -0.4 is 9.47 Å². The lowest BCUT2D eigenvalue weighted by Crippen LogP contribution is -2.32. The maximum Gasteiger partial charge on any atom is 0.261 e. The number of ether oxygens (including phenoxy) is 4. The monoisotopic (exact) mass is 634 g/mol. The summed E-state index contributed by atoms with van der Waals surface area (Å²) in [6.45, 7) is 5.17. The normalized spacial score (nSPS) is 14.1. The number of hydrogen-bond acceptors (Lipinski definition) is 8. The van der Waals surface area contributed by atoms with Crippen LogP contribution >= 0.6 is 0 Å². The van der Waals surface area contributed by atoms with Crippen molar-refractivity contribution >= 4 is 23.6 Å². The van der Waals surface area contributed by atoms with Gasteiger partial charge in [0.2, 0.25) is 0 Å². The molecule has 0 radical (unpaired) electrons. The van der Waals surface area contributed by atoms with E-state index in [1.165, 1.54) is 24.0 Å². The third-order valence-corrected chi connectivity index (χ3v) is 8.55. The first-order valence-corrected chi connectivity index (χ1v) is 15.2.